The van der Waals surface area contributed by atoms with E-state index < -0.39 is 12.6 Å². The van der Waals surface area contributed by atoms with Gasteiger partial charge in [0.25, 0.3) is 0 Å². The van der Waals surface area contributed by atoms with Crippen LogP contribution in [0.3, 0.4) is 0 Å². The van der Waals surface area contributed by atoms with E-state index >= 15 is 0 Å². The second kappa shape index (κ2) is 5.96. The van der Waals surface area contributed by atoms with Crippen LogP contribution in [0.1, 0.15) is 6.42 Å². The molecule has 1 aliphatic rings. The van der Waals surface area contributed by atoms with Crippen molar-refractivity contribution in [3.8, 4) is 0 Å². The van der Waals surface area contributed by atoms with Gasteiger partial charge in [0.1, 0.15) is 0 Å². The number of halogens is 3. The second-order valence-electron chi connectivity index (χ2n) is 3.85. The van der Waals surface area contributed by atoms with Crippen LogP contribution in [-0.4, -0.2) is 55.3 Å². The van der Waals surface area contributed by atoms with Crippen LogP contribution < -0.4 is 5.32 Å². The van der Waals surface area contributed by atoms with E-state index in [1.807, 2.05) is 11.8 Å². The highest BCUT2D eigenvalue weighted by atomic mass is 32.2. The van der Waals surface area contributed by atoms with Crippen LogP contribution >= 0.6 is 11.8 Å². The van der Waals surface area contributed by atoms with Crippen LogP contribution in [0.4, 0.5) is 13.2 Å². The van der Waals surface area contributed by atoms with Crippen molar-refractivity contribution in [2.45, 2.75) is 18.6 Å². The third-order valence-electron chi connectivity index (χ3n) is 2.31. The average Bonchev–Trinajstić information content (AvgIpc) is 2.15. The predicted molar refractivity (Wildman–Crippen MR) is 57.3 cm³/mol. The molecule has 0 amide bonds. The Labute approximate surface area is 92.6 Å². The minimum Gasteiger partial charge on any atom is -0.311 e. The Balaban J connectivity index is 2.14. The first kappa shape index (κ1) is 13.1. The van der Waals surface area contributed by atoms with Crippen molar-refractivity contribution in [3.05, 3.63) is 0 Å². The van der Waals surface area contributed by atoms with E-state index in [1.54, 1.807) is 11.9 Å². The van der Waals surface area contributed by atoms with E-state index in [0.29, 0.717) is 12.6 Å². The van der Waals surface area contributed by atoms with Crippen molar-refractivity contribution >= 4 is 11.8 Å². The van der Waals surface area contributed by atoms with Gasteiger partial charge in [0.15, 0.2) is 0 Å². The highest BCUT2D eigenvalue weighted by molar-refractivity contribution is 7.99. The molecule has 2 nitrogen and oxygen atoms in total. The highest BCUT2D eigenvalue weighted by Crippen LogP contribution is 2.19. The molecule has 0 aromatic rings. The van der Waals surface area contributed by atoms with Crippen LogP contribution in [0, 0.1) is 0 Å². The zero-order valence-corrected chi connectivity index (χ0v) is 9.63. The summed E-state index contributed by atoms with van der Waals surface area (Å²) in [6, 6.07) is 0.335. The highest BCUT2D eigenvalue weighted by Gasteiger charge is 2.27. The van der Waals surface area contributed by atoms with Crippen molar-refractivity contribution < 1.29 is 13.2 Å². The zero-order chi connectivity index (χ0) is 11.3. The number of rotatable bonds is 4. The molecule has 0 aliphatic carbocycles. The Morgan fingerprint density at radius 2 is 2.20 bits per heavy atom. The molecule has 90 valence electrons. The summed E-state index contributed by atoms with van der Waals surface area (Å²) in [6.45, 7) is 1.75. The molecule has 1 unspecified atom stereocenters. The van der Waals surface area contributed by atoms with E-state index in [0.717, 1.165) is 18.1 Å². The molecular formula is C9H17F3N2S. The van der Waals surface area contributed by atoms with Crippen molar-refractivity contribution in [1.29, 1.82) is 0 Å². The number of likely N-dealkylation sites (N-methyl/N-ethyl adjacent to an activating group) is 1. The fraction of sp³-hybridized carbons (Fsp3) is 1.00. The van der Waals surface area contributed by atoms with E-state index in [-0.39, 0.29) is 6.54 Å². The summed E-state index contributed by atoms with van der Waals surface area (Å²) in [7, 11) is 1.74. The Morgan fingerprint density at radius 1 is 1.47 bits per heavy atom. The fourth-order valence-electron chi connectivity index (χ4n) is 1.52. The zero-order valence-electron chi connectivity index (χ0n) is 8.81. The first-order valence-corrected chi connectivity index (χ1v) is 6.19. The molecular weight excluding hydrogens is 225 g/mol. The summed E-state index contributed by atoms with van der Waals surface area (Å²) in [5.74, 6) is 2.10. The first-order chi connectivity index (χ1) is 6.97. The molecule has 1 rings (SSSR count). The summed E-state index contributed by atoms with van der Waals surface area (Å²) in [5, 5.41) is 3.30. The lowest BCUT2D eigenvalue weighted by Gasteiger charge is -2.28. The van der Waals surface area contributed by atoms with Gasteiger partial charge in [-0.2, -0.15) is 24.9 Å². The van der Waals surface area contributed by atoms with Gasteiger partial charge in [-0.3, -0.25) is 0 Å². The first-order valence-electron chi connectivity index (χ1n) is 5.04. The predicted octanol–water partition coefficient (Wildman–Crippen LogP) is 1.58. The van der Waals surface area contributed by atoms with E-state index in [2.05, 4.69) is 5.32 Å². The maximum atomic E-state index is 11.9. The van der Waals surface area contributed by atoms with Gasteiger partial charge in [0.05, 0.1) is 6.42 Å². The number of alkyl halides is 3. The minimum absolute atomic E-state index is 0.0896. The normalized spacial score (nSPS) is 23.4. The Hall–Kier alpha value is 0.0600. The Kier molecular flexibility index (Phi) is 5.22. The van der Waals surface area contributed by atoms with Crippen LogP contribution in [0.5, 0.6) is 0 Å². The van der Waals surface area contributed by atoms with Gasteiger partial charge in [-0.1, -0.05) is 0 Å². The lowest BCUT2D eigenvalue weighted by atomic mass is 10.3. The van der Waals surface area contributed by atoms with Gasteiger partial charge >= 0.3 is 6.18 Å². The maximum absolute atomic E-state index is 11.9. The van der Waals surface area contributed by atoms with Crippen molar-refractivity contribution in [3.63, 3.8) is 0 Å². The molecule has 1 atom stereocenters. The standard InChI is InChI=1S/C9H17F3N2S/c1-14(4-2-9(10,11)12)6-8-7-15-5-3-13-8/h8,13H,2-7H2,1H3. The molecule has 0 bridgehead atoms. The topological polar surface area (TPSA) is 15.3 Å². The van der Waals surface area contributed by atoms with Crippen LogP contribution in [0.2, 0.25) is 0 Å². The molecule has 1 fully saturated rings. The van der Waals surface area contributed by atoms with Crippen LogP contribution in [0.25, 0.3) is 0 Å². The quantitative estimate of drug-likeness (QED) is 0.805. The summed E-state index contributed by atoms with van der Waals surface area (Å²) >= 11 is 1.86. The molecule has 1 aliphatic heterocycles. The van der Waals surface area contributed by atoms with Gasteiger partial charge in [0.2, 0.25) is 0 Å². The second-order valence-corrected chi connectivity index (χ2v) is 5.00. The average molecular weight is 242 g/mol. The van der Waals surface area contributed by atoms with Crippen molar-refractivity contribution in [1.82, 2.24) is 10.2 Å². The van der Waals surface area contributed by atoms with E-state index in [1.165, 1.54) is 0 Å². The molecule has 15 heavy (non-hydrogen) atoms. The van der Waals surface area contributed by atoms with E-state index in [4.69, 9.17) is 0 Å². The monoisotopic (exact) mass is 242 g/mol. The smallest absolute Gasteiger partial charge is 0.311 e. The molecule has 1 saturated heterocycles. The molecule has 0 spiro atoms. The third kappa shape index (κ3) is 6.27. The number of hydrogen-bond donors (Lipinski definition) is 1. The molecule has 0 radical (unpaired) electrons. The summed E-state index contributed by atoms with van der Waals surface area (Å²) < 4.78 is 35.8. The summed E-state index contributed by atoms with van der Waals surface area (Å²) in [5.41, 5.74) is 0. The minimum atomic E-state index is -4.04. The number of thioether (sulfide) groups is 1. The van der Waals surface area contributed by atoms with Gasteiger partial charge < -0.3 is 10.2 Å². The van der Waals surface area contributed by atoms with Crippen LogP contribution in [0.15, 0.2) is 0 Å². The lowest BCUT2D eigenvalue weighted by molar-refractivity contribution is -0.137. The molecule has 6 heteroatoms. The van der Waals surface area contributed by atoms with Gasteiger partial charge in [-0.05, 0) is 7.05 Å². The molecule has 0 saturated carbocycles. The van der Waals surface area contributed by atoms with E-state index in [9.17, 15) is 13.2 Å². The lowest BCUT2D eigenvalue weighted by Crippen LogP contribution is -2.45. The molecule has 1 heterocycles. The van der Waals surface area contributed by atoms with Gasteiger partial charge in [-0.25, -0.2) is 0 Å². The van der Waals surface area contributed by atoms with Crippen molar-refractivity contribution in [2.75, 3.05) is 38.2 Å². The third-order valence-corrected chi connectivity index (χ3v) is 3.44. The summed E-state index contributed by atoms with van der Waals surface area (Å²) in [4.78, 5) is 1.75. The Bertz CT molecular complexity index is 181. The van der Waals surface area contributed by atoms with Gasteiger partial charge in [0, 0.05) is 37.2 Å². The number of nitrogens with zero attached hydrogens (tertiary/aromatic N) is 1. The van der Waals surface area contributed by atoms with Gasteiger partial charge in [-0.15, -0.1) is 0 Å². The summed E-state index contributed by atoms with van der Waals surface area (Å²) in [6.07, 6.45) is -4.76. The largest absolute Gasteiger partial charge is 0.390 e. The molecule has 0 aromatic carbocycles. The molecule has 1 N–H and O–H groups in total. The van der Waals surface area contributed by atoms with Crippen LogP contribution in [-0.2, 0) is 0 Å². The maximum Gasteiger partial charge on any atom is 0.390 e. The number of nitrogens with one attached hydrogen (secondary N) is 1. The molecule has 0 aromatic heterocycles. The SMILES string of the molecule is CN(CCC(F)(F)F)CC1CSCCN1. The van der Waals surface area contributed by atoms with Crippen molar-refractivity contribution in [2.24, 2.45) is 0 Å². The fourth-order valence-corrected chi connectivity index (χ4v) is 2.46. The Morgan fingerprint density at radius 3 is 2.73 bits per heavy atom. The number of hydrogen-bond acceptors (Lipinski definition) is 3.